The van der Waals surface area contributed by atoms with Gasteiger partial charge in [-0.2, -0.15) is 0 Å². The molecule has 0 aliphatic heterocycles. The van der Waals surface area contributed by atoms with Crippen molar-refractivity contribution < 1.29 is 9.90 Å². The number of hydrogen-bond acceptors (Lipinski definition) is 2. The van der Waals surface area contributed by atoms with Gasteiger partial charge in [0.05, 0.1) is 10.7 Å². The van der Waals surface area contributed by atoms with Crippen LogP contribution in [0.15, 0.2) is 24.3 Å². The molecule has 0 spiro atoms. The molecule has 1 aromatic rings. The van der Waals surface area contributed by atoms with Gasteiger partial charge in [-0.15, -0.1) is 0 Å². The molecule has 0 heterocycles. The lowest BCUT2D eigenvalue weighted by Crippen LogP contribution is -2.18. The lowest BCUT2D eigenvalue weighted by molar-refractivity contribution is -0.131. The van der Waals surface area contributed by atoms with E-state index < -0.39 is 5.97 Å². The molecule has 104 valence electrons. The van der Waals surface area contributed by atoms with Crippen molar-refractivity contribution in [3.63, 3.8) is 0 Å². The summed E-state index contributed by atoms with van der Waals surface area (Å²) in [5.74, 6) is -0.961. The highest BCUT2D eigenvalue weighted by molar-refractivity contribution is 6.33. The molecular formula is C15H20ClNO2. The second-order valence-corrected chi connectivity index (χ2v) is 4.92. The van der Waals surface area contributed by atoms with Gasteiger partial charge in [-0.1, -0.05) is 37.4 Å². The van der Waals surface area contributed by atoms with E-state index in [1.165, 1.54) is 18.9 Å². The highest BCUT2D eigenvalue weighted by Crippen LogP contribution is 2.26. The second kappa shape index (κ2) is 7.85. The van der Waals surface area contributed by atoms with Crippen molar-refractivity contribution in [1.82, 2.24) is 0 Å². The predicted octanol–water partition coefficient (Wildman–Crippen LogP) is 4.06. The van der Waals surface area contributed by atoms with E-state index in [1.54, 1.807) is 6.07 Å². The highest BCUT2D eigenvalue weighted by atomic mass is 35.5. The third-order valence-electron chi connectivity index (χ3n) is 2.90. The van der Waals surface area contributed by atoms with Crippen LogP contribution in [0.5, 0.6) is 0 Å². The summed E-state index contributed by atoms with van der Waals surface area (Å²) < 4.78 is 0. The molecule has 0 aromatic heterocycles. The van der Waals surface area contributed by atoms with Crippen molar-refractivity contribution in [3.8, 4) is 0 Å². The third-order valence-corrected chi connectivity index (χ3v) is 3.20. The summed E-state index contributed by atoms with van der Waals surface area (Å²) in [7, 11) is 2.02. The number of rotatable bonds is 7. The molecule has 0 atom stereocenters. The molecule has 0 unspecified atom stereocenters. The van der Waals surface area contributed by atoms with Crippen molar-refractivity contribution in [2.75, 3.05) is 18.5 Å². The first kappa shape index (κ1) is 15.6. The minimum Gasteiger partial charge on any atom is -0.478 e. The Morgan fingerprint density at radius 2 is 2.16 bits per heavy atom. The van der Waals surface area contributed by atoms with E-state index in [0.29, 0.717) is 5.02 Å². The maximum absolute atomic E-state index is 10.5. The van der Waals surface area contributed by atoms with Crippen LogP contribution in [0.25, 0.3) is 6.08 Å². The molecule has 3 nitrogen and oxygen atoms in total. The Labute approximate surface area is 119 Å². The van der Waals surface area contributed by atoms with E-state index in [1.807, 2.05) is 19.2 Å². The van der Waals surface area contributed by atoms with Crippen LogP contribution >= 0.6 is 11.6 Å². The molecule has 0 bridgehead atoms. The number of halogens is 1. The largest absolute Gasteiger partial charge is 0.478 e. The van der Waals surface area contributed by atoms with Gasteiger partial charge in [0.2, 0.25) is 0 Å². The maximum atomic E-state index is 10.5. The summed E-state index contributed by atoms with van der Waals surface area (Å²) in [5, 5.41) is 9.22. The van der Waals surface area contributed by atoms with Gasteiger partial charge in [0, 0.05) is 19.7 Å². The van der Waals surface area contributed by atoms with E-state index in [9.17, 15) is 4.79 Å². The number of unbranched alkanes of at least 4 members (excludes halogenated alkanes) is 2. The third kappa shape index (κ3) is 5.35. The van der Waals surface area contributed by atoms with Gasteiger partial charge in [0.25, 0.3) is 0 Å². The zero-order valence-corrected chi connectivity index (χ0v) is 12.2. The van der Waals surface area contributed by atoms with Gasteiger partial charge in [-0.25, -0.2) is 4.79 Å². The Bertz CT molecular complexity index is 457. The monoisotopic (exact) mass is 281 g/mol. The number of benzene rings is 1. The van der Waals surface area contributed by atoms with Crippen LogP contribution in [0.2, 0.25) is 5.02 Å². The molecule has 4 heteroatoms. The number of anilines is 1. The molecule has 0 fully saturated rings. The molecule has 0 aliphatic rings. The number of carboxylic acid groups (broad SMARTS) is 1. The van der Waals surface area contributed by atoms with E-state index in [-0.39, 0.29) is 0 Å². The fraction of sp³-hybridized carbons (Fsp3) is 0.400. The normalized spacial score (nSPS) is 10.9. The zero-order chi connectivity index (χ0) is 14.3. The van der Waals surface area contributed by atoms with E-state index in [2.05, 4.69) is 11.8 Å². The summed E-state index contributed by atoms with van der Waals surface area (Å²) >= 11 is 6.23. The number of hydrogen-bond donors (Lipinski definition) is 1. The first-order chi connectivity index (χ1) is 9.04. The van der Waals surface area contributed by atoms with E-state index >= 15 is 0 Å². The summed E-state index contributed by atoms with van der Waals surface area (Å²) in [6.07, 6.45) is 6.19. The number of nitrogens with zero attached hydrogens (tertiary/aromatic N) is 1. The minimum atomic E-state index is -0.961. The average Bonchev–Trinajstić information content (AvgIpc) is 2.36. The minimum absolute atomic E-state index is 0.645. The van der Waals surface area contributed by atoms with Gasteiger partial charge < -0.3 is 10.0 Å². The maximum Gasteiger partial charge on any atom is 0.328 e. The first-order valence-electron chi connectivity index (χ1n) is 6.46. The second-order valence-electron chi connectivity index (χ2n) is 4.51. The highest BCUT2D eigenvalue weighted by Gasteiger charge is 2.06. The van der Waals surface area contributed by atoms with Gasteiger partial charge in [-0.3, -0.25) is 0 Å². The average molecular weight is 282 g/mol. The fourth-order valence-corrected chi connectivity index (χ4v) is 2.16. The van der Waals surface area contributed by atoms with Crippen LogP contribution in [0.4, 0.5) is 5.69 Å². The van der Waals surface area contributed by atoms with Gasteiger partial charge in [0.15, 0.2) is 0 Å². The Kier molecular flexibility index (Phi) is 6.43. The zero-order valence-electron chi connectivity index (χ0n) is 11.4. The smallest absolute Gasteiger partial charge is 0.328 e. The Morgan fingerprint density at radius 1 is 1.42 bits per heavy atom. The van der Waals surface area contributed by atoms with Crippen LogP contribution in [0.3, 0.4) is 0 Å². The molecule has 1 aromatic carbocycles. The summed E-state index contributed by atoms with van der Waals surface area (Å²) in [6.45, 7) is 3.15. The van der Waals surface area contributed by atoms with Crippen molar-refractivity contribution in [3.05, 3.63) is 34.9 Å². The van der Waals surface area contributed by atoms with Crippen LogP contribution < -0.4 is 4.90 Å². The lowest BCUT2D eigenvalue weighted by atomic mass is 10.1. The first-order valence-corrected chi connectivity index (χ1v) is 6.84. The van der Waals surface area contributed by atoms with Crippen molar-refractivity contribution in [2.45, 2.75) is 26.2 Å². The fourth-order valence-electron chi connectivity index (χ4n) is 1.82. The van der Waals surface area contributed by atoms with Gasteiger partial charge >= 0.3 is 5.97 Å². The molecule has 1 rings (SSSR count). The molecule has 0 amide bonds. The summed E-state index contributed by atoms with van der Waals surface area (Å²) in [4.78, 5) is 12.6. The van der Waals surface area contributed by atoms with Crippen molar-refractivity contribution in [1.29, 1.82) is 0 Å². The predicted molar refractivity (Wildman–Crippen MR) is 80.9 cm³/mol. The van der Waals surface area contributed by atoms with Crippen LogP contribution in [-0.2, 0) is 4.79 Å². The lowest BCUT2D eigenvalue weighted by Gasteiger charge is -2.20. The molecule has 0 radical (unpaired) electrons. The Balaban J connectivity index is 2.73. The molecule has 0 aliphatic carbocycles. The standard InChI is InChI=1S/C15H20ClNO2/c1-3-4-5-10-17(2)14-8-6-12(11-13(14)16)7-9-15(18)19/h6-9,11H,3-5,10H2,1-2H3,(H,18,19)/b9-7+. The van der Waals surface area contributed by atoms with Crippen LogP contribution in [0.1, 0.15) is 31.7 Å². The quantitative estimate of drug-likeness (QED) is 0.605. The Hall–Kier alpha value is -1.48. The topological polar surface area (TPSA) is 40.5 Å². The summed E-state index contributed by atoms with van der Waals surface area (Å²) in [5.41, 5.74) is 1.77. The SMILES string of the molecule is CCCCCN(C)c1ccc(/C=C/C(=O)O)cc1Cl. The number of aliphatic carboxylic acids is 1. The van der Waals surface area contributed by atoms with Gasteiger partial charge in [0.1, 0.15) is 0 Å². The Morgan fingerprint density at radius 3 is 2.74 bits per heavy atom. The summed E-state index contributed by atoms with van der Waals surface area (Å²) in [6, 6.07) is 5.58. The molecule has 0 saturated carbocycles. The van der Waals surface area contributed by atoms with Crippen molar-refractivity contribution >= 4 is 29.3 Å². The van der Waals surface area contributed by atoms with E-state index in [4.69, 9.17) is 16.7 Å². The molecular weight excluding hydrogens is 262 g/mol. The van der Waals surface area contributed by atoms with Gasteiger partial charge in [-0.05, 0) is 30.2 Å². The molecule has 0 saturated heterocycles. The van der Waals surface area contributed by atoms with Crippen LogP contribution in [0, 0.1) is 0 Å². The number of carboxylic acids is 1. The van der Waals surface area contributed by atoms with Crippen LogP contribution in [-0.4, -0.2) is 24.7 Å². The number of carbonyl (C=O) groups is 1. The van der Waals surface area contributed by atoms with E-state index in [0.717, 1.165) is 30.3 Å². The molecule has 1 N–H and O–H groups in total. The van der Waals surface area contributed by atoms with Crippen molar-refractivity contribution in [2.24, 2.45) is 0 Å². The molecule has 19 heavy (non-hydrogen) atoms.